The van der Waals surface area contributed by atoms with Crippen LogP contribution >= 0.6 is 22.6 Å². The van der Waals surface area contributed by atoms with Crippen LogP contribution in [-0.2, 0) is 0 Å². The van der Waals surface area contributed by atoms with Crippen LogP contribution in [0.4, 0.5) is 0 Å². The maximum atomic E-state index is 5.22. The summed E-state index contributed by atoms with van der Waals surface area (Å²) in [4.78, 5) is 0. The summed E-state index contributed by atoms with van der Waals surface area (Å²) in [6, 6.07) is 0. The van der Waals surface area contributed by atoms with E-state index in [4.69, 9.17) is 5.73 Å². The Morgan fingerprint density at radius 2 is 2.14 bits per heavy atom. The van der Waals surface area contributed by atoms with Gasteiger partial charge in [0.2, 0.25) is 0 Å². The van der Waals surface area contributed by atoms with Gasteiger partial charge in [-0.25, -0.2) is 0 Å². The van der Waals surface area contributed by atoms with Crippen LogP contribution in [0.25, 0.3) is 0 Å². The Morgan fingerprint density at radius 1 is 1.43 bits per heavy atom. The summed E-state index contributed by atoms with van der Waals surface area (Å²) < 4.78 is 1.10. The van der Waals surface area contributed by atoms with E-state index in [2.05, 4.69) is 34.7 Å². The first-order valence-electron chi connectivity index (χ1n) is 2.33. The average Bonchev–Trinajstić information content (AvgIpc) is 1.69. The van der Waals surface area contributed by atoms with Gasteiger partial charge in [0.05, 0.1) is 0 Å². The van der Waals surface area contributed by atoms with Gasteiger partial charge < -0.3 is 5.73 Å². The van der Waals surface area contributed by atoms with Crippen LogP contribution < -0.4 is 5.73 Å². The minimum absolute atomic E-state index is 0.771. The number of nitrogens with two attached hydrogens (primary N) is 1. The van der Waals surface area contributed by atoms with Gasteiger partial charge in [-0.05, 0) is 13.0 Å². The molecule has 0 spiro atoms. The van der Waals surface area contributed by atoms with E-state index in [1.807, 2.05) is 0 Å². The highest BCUT2D eigenvalue weighted by atomic mass is 127. The number of hydrogen-bond acceptors (Lipinski definition) is 1. The zero-order chi connectivity index (χ0) is 5.54. The Balaban J connectivity index is 2.78. The Morgan fingerprint density at radius 3 is 2.57 bits per heavy atom. The molecule has 0 bridgehead atoms. The van der Waals surface area contributed by atoms with E-state index < -0.39 is 0 Å². The second kappa shape index (κ2) is 6.43. The van der Waals surface area contributed by atoms with Gasteiger partial charge in [0.25, 0.3) is 0 Å². The standard InChI is InChI=1S/C5H10IN/c6-4-2-1-3-5-7/h1-2H,3-5,7H2/b2-1-. The summed E-state index contributed by atoms with van der Waals surface area (Å²) in [7, 11) is 0. The Bertz CT molecular complexity index is 52.0. The highest BCUT2D eigenvalue weighted by Gasteiger charge is 1.68. The minimum atomic E-state index is 0.771. The van der Waals surface area contributed by atoms with Gasteiger partial charge in [-0.15, -0.1) is 0 Å². The summed E-state index contributed by atoms with van der Waals surface area (Å²) in [6.07, 6.45) is 5.24. The van der Waals surface area contributed by atoms with Gasteiger partial charge >= 0.3 is 0 Å². The molecule has 7 heavy (non-hydrogen) atoms. The van der Waals surface area contributed by atoms with Crippen molar-refractivity contribution in [2.75, 3.05) is 11.0 Å². The summed E-state index contributed by atoms with van der Waals surface area (Å²) in [6.45, 7) is 0.771. The Hall–Kier alpha value is 0.430. The molecule has 0 fully saturated rings. The summed E-state index contributed by atoms with van der Waals surface area (Å²) in [5.41, 5.74) is 5.22. The number of rotatable bonds is 3. The maximum Gasteiger partial charge on any atom is 0.0175 e. The number of alkyl halides is 1. The molecule has 0 aromatic rings. The molecule has 1 nitrogen and oxygen atoms in total. The summed E-state index contributed by atoms with van der Waals surface area (Å²) in [5.74, 6) is 0. The predicted octanol–water partition coefficient (Wildman–Crippen LogP) is 1.33. The molecule has 0 heterocycles. The minimum Gasteiger partial charge on any atom is -0.330 e. The smallest absolute Gasteiger partial charge is 0.0175 e. The number of halogens is 1. The topological polar surface area (TPSA) is 26.0 Å². The van der Waals surface area contributed by atoms with E-state index in [0.717, 1.165) is 17.4 Å². The van der Waals surface area contributed by atoms with Crippen molar-refractivity contribution in [2.24, 2.45) is 5.73 Å². The van der Waals surface area contributed by atoms with E-state index in [9.17, 15) is 0 Å². The van der Waals surface area contributed by atoms with Crippen LogP contribution in [0.1, 0.15) is 6.42 Å². The van der Waals surface area contributed by atoms with Gasteiger partial charge in [0, 0.05) is 4.43 Å². The molecule has 2 heteroatoms. The van der Waals surface area contributed by atoms with Crippen LogP contribution in [0.5, 0.6) is 0 Å². The van der Waals surface area contributed by atoms with Crippen LogP contribution in [0.2, 0.25) is 0 Å². The van der Waals surface area contributed by atoms with Crippen LogP contribution in [-0.4, -0.2) is 11.0 Å². The molecule has 0 saturated carbocycles. The lowest BCUT2D eigenvalue weighted by Crippen LogP contribution is -1.94. The van der Waals surface area contributed by atoms with Crippen molar-refractivity contribution in [1.82, 2.24) is 0 Å². The molecule has 0 aromatic carbocycles. The third kappa shape index (κ3) is 6.43. The van der Waals surface area contributed by atoms with Crippen molar-refractivity contribution < 1.29 is 0 Å². The molecule has 0 unspecified atom stereocenters. The maximum absolute atomic E-state index is 5.22. The molecule has 0 radical (unpaired) electrons. The van der Waals surface area contributed by atoms with Gasteiger partial charge in [0.1, 0.15) is 0 Å². The Labute approximate surface area is 58.1 Å². The van der Waals surface area contributed by atoms with Crippen LogP contribution in [0.3, 0.4) is 0 Å². The zero-order valence-electron chi connectivity index (χ0n) is 4.23. The normalized spacial score (nSPS) is 10.6. The monoisotopic (exact) mass is 211 g/mol. The number of allylic oxidation sites excluding steroid dienone is 1. The first-order valence-corrected chi connectivity index (χ1v) is 3.85. The van der Waals surface area contributed by atoms with Gasteiger partial charge in [-0.2, -0.15) is 0 Å². The highest BCUT2D eigenvalue weighted by molar-refractivity contribution is 14.1. The molecule has 0 aromatic heterocycles. The fraction of sp³-hybridized carbons (Fsp3) is 0.600. The van der Waals surface area contributed by atoms with Crippen LogP contribution in [0, 0.1) is 0 Å². The molecule has 0 aliphatic rings. The molecule has 0 atom stereocenters. The first-order chi connectivity index (χ1) is 3.41. The fourth-order valence-electron chi connectivity index (χ4n) is 0.277. The third-order valence-corrected chi connectivity index (χ3v) is 1.10. The van der Waals surface area contributed by atoms with Crippen molar-refractivity contribution in [3.05, 3.63) is 12.2 Å². The molecule has 0 aliphatic heterocycles. The predicted molar refractivity (Wildman–Crippen MR) is 41.7 cm³/mol. The van der Waals surface area contributed by atoms with Crippen molar-refractivity contribution in [3.8, 4) is 0 Å². The quantitative estimate of drug-likeness (QED) is 0.425. The second-order valence-electron chi connectivity index (χ2n) is 1.20. The van der Waals surface area contributed by atoms with Crippen molar-refractivity contribution in [1.29, 1.82) is 0 Å². The van der Waals surface area contributed by atoms with Gasteiger partial charge in [-0.3, -0.25) is 0 Å². The lowest BCUT2D eigenvalue weighted by molar-refractivity contribution is 1.01. The van der Waals surface area contributed by atoms with E-state index in [1.54, 1.807) is 0 Å². The summed E-state index contributed by atoms with van der Waals surface area (Å²) in [5, 5.41) is 0. The van der Waals surface area contributed by atoms with E-state index in [1.165, 1.54) is 0 Å². The SMILES string of the molecule is NCC/C=C\CI. The molecule has 0 amide bonds. The largest absolute Gasteiger partial charge is 0.330 e. The molecule has 2 N–H and O–H groups in total. The first kappa shape index (κ1) is 7.43. The average molecular weight is 211 g/mol. The second-order valence-corrected chi connectivity index (χ2v) is 2.08. The fourth-order valence-corrected chi connectivity index (χ4v) is 0.637. The van der Waals surface area contributed by atoms with Gasteiger partial charge in [-0.1, -0.05) is 34.7 Å². The summed E-state index contributed by atoms with van der Waals surface area (Å²) >= 11 is 2.30. The zero-order valence-corrected chi connectivity index (χ0v) is 6.39. The highest BCUT2D eigenvalue weighted by Crippen LogP contribution is 1.84. The van der Waals surface area contributed by atoms with E-state index in [-0.39, 0.29) is 0 Å². The third-order valence-electron chi connectivity index (χ3n) is 0.589. The van der Waals surface area contributed by atoms with Gasteiger partial charge in [0.15, 0.2) is 0 Å². The molecule has 42 valence electrons. The molecule has 0 aliphatic carbocycles. The van der Waals surface area contributed by atoms with E-state index >= 15 is 0 Å². The molecule has 0 rings (SSSR count). The van der Waals surface area contributed by atoms with Crippen LogP contribution in [0.15, 0.2) is 12.2 Å². The lowest BCUT2D eigenvalue weighted by atomic mass is 10.4. The van der Waals surface area contributed by atoms with E-state index in [0.29, 0.717) is 0 Å². The molecular formula is C5H10IN. The van der Waals surface area contributed by atoms with Crippen molar-refractivity contribution in [3.63, 3.8) is 0 Å². The molecular weight excluding hydrogens is 201 g/mol. The number of hydrogen-bond donors (Lipinski definition) is 1. The molecule has 0 saturated heterocycles. The van der Waals surface area contributed by atoms with Crippen molar-refractivity contribution >= 4 is 22.6 Å². The van der Waals surface area contributed by atoms with Crippen molar-refractivity contribution in [2.45, 2.75) is 6.42 Å². The lowest BCUT2D eigenvalue weighted by Gasteiger charge is -1.79. The Kier molecular flexibility index (Phi) is 6.82.